The number of ether oxygens (including phenoxy) is 1. The Balaban J connectivity index is 1.90. The minimum atomic E-state index is -0.120. The minimum absolute atomic E-state index is 0.120. The van der Waals surface area contributed by atoms with Gasteiger partial charge in [0, 0.05) is 10.9 Å². The molecule has 1 heterocycles. The van der Waals surface area contributed by atoms with Gasteiger partial charge < -0.3 is 10.1 Å². The lowest BCUT2D eigenvalue weighted by Gasteiger charge is -2.06. The van der Waals surface area contributed by atoms with Gasteiger partial charge in [-0.15, -0.1) is 11.3 Å². The van der Waals surface area contributed by atoms with E-state index in [2.05, 4.69) is 16.9 Å². The van der Waals surface area contributed by atoms with Gasteiger partial charge in [0.25, 0.3) is 5.91 Å². The van der Waals surface area contributed by atoms with Gasteiger partial charge >= 0.3 is 0 Å². The standard InChI is InChI=1S/C15H16N2O2S/c1-3-8-19-14-6-4-12(5-7-14)15(18)16-9-13-10-20-11(2)17-13/h3-7,10H,1,8-9H2,2H3,(H,16,18). The molecule has 0 spiro atoms. The molecular weight excluding hydrogens is 272 g/mol. The second-order valence-corrected chi connectivity index (χ2v) is 5.23. The summed E-state index contributed by atoms with van der Waals surface area (Å²) in [5, 5.41) is 5.78. The average molecular weight is 288 g/mol. The minimum Gasteiger partial charge on any atom is -0.490 e. The molecule has 1 aromatic heterocycles. The smallest absolute Gasteiger partial charge is 0.251 e. The summed E-state index contributed by atoms with van der Waals surface area (Å²) >= 11 is 1.57. The predicted octanol–water partition coefficient (Wildman–Crippen LogP) is 2.95. The van der Waals surface area contributed by atoms with Gasteiger partial charge in [0.1, 0.15) is 12.4 Å². The third-order valence-electron chi connectivity index (χ3n) is 2.58. The van der Waals surface area contributed by atoms with Crippen LogP contribution in [0.25, 0.3) is 0 Å². The summed E-state index contributed by atoms with van der Waals surface area (Å²) < 4.78 is 5.36. The highest BCUT2D eigenvalue weighted by molar-refractivity contribution is 7.09. The molecule has 1 N–H and O–H groups in total. The number of aromatic nitrogens is 1. The molecule has 0 fully saturated rings. The van der Waals surface area contributed by atoms with Crippen molar-refractivity contribution in [1.82, 2.24) is 10.3 Å². The highest BCUT2D eigenvalue weighted by atomic mass is 32.1. The zero-order valence-electron chi connectivity index (χ0n) is 11.3. The highest BCUT2D eigenvalue weighted by Crippen LogP contribution is 2.12. The van der Waals surface area contributed by atoms with Crippen LogP contribution in [0.15, 0.2) is 42.3 Å². The number of thiazole rings is 1. The Morgan fingerprint density at radius 1 is 1.45 bits per heavy atom. The molecule has 0 atom stereocenters. The third kappa shape index (κ3) is 3.93. The number of hydrogen-bond donors (Lipinski definition) is 1. The molecule has 4 nitrogen and oxygen atoms in total. The SMILES string of the molecule is C=CCOc1ccc(C(=O)NCc2csc(C)n2)cc1. The first-order chi connectivity index (χ1) is 9.69. The lowest BCUT2D eigenvalue weighted by atomic mass is 10.2. The molecule has 0 aliphatic rings. The number of benzene rings is 1. The largest absolute Gasteiger partial charge is 0.490 e. The van der Waals surface area contributed by atoms with E-state index >= 15 is 0 Å². The number of carbonyl (C=O) groups excluding carboxylic acids is 1. The summed E-state index contributed by atoms with van der Waals surface area (Å²) in [5.74, 6) is 0.600. The van der Waals surface area contributed by atoms with Gasteiger partial charge in [-0.25, -0.2) is 4.98 Å². The van der Waals surface area contributed by atoms with Gasteiger partial charge in [-0.3, -0.25) is 4.79 Å². The molecule has 0 saturated carbocycles. The monoisotopic (exact) mass is 288 g/mol. The fourth-order valence-corrected chi connectivity index (χ4v) is 2.23. The van der Waals surface area contributed by atoms with E-state index in [9.17, 15) is 4.79 Å². The van der Waals surface area contributed by atoms with E-state index in [0.29, 0.717) is 18.7 Å². The molecule has 0 aliphatic heterocycles. The molecule has 0 aliphatic carbocycles. The van der Waals surface area contributed by atoms with Crippen molar-refractivity contribution in [2.45, 2.75) is 13.5 Å². The van der Waals surface area contributed by atoms with E-state index in [-0.39, 0.29) is 5.91 Å². The number of hydrogen-bond acceptors (Lipinski definition) is 4. The third-order valence-corrected chi connectivity index (χ3v) is 3.40. The fraction of sp³-hybridized carbons (Fsp3) is 0.200. The zero-order chi connectivity index (χ0) is 14.4. The Hall–Kier alpha value is -2.14. The van der Waals surface area contributed by atoms with Crippen molar-refractivity contribution in [2.75, 3.05) is 6.61 Å². The first-order valence-electron chi connectivity index (χ1n) is 6.22. The number of aryl methyl sites for hydroxylation is 1. The van der Waals surface area contributed by atoms with Crippen molar-refractivity contribution in [2.24, 2.45) is 0 Å². The molecule has 0 unspecified atom stereocenters. The zero-order valence-corrected chi connectivity index (χ0v) is 12.1. The Kier molecular flexibility index (Phi) is 4.90. The molecular formula is C15H16N2O2S. The number of carbonyl (C=O) groups is 1. The van der Waals surface area contributed by atoms with E-state index in [4.69, 9.17) is 4.74 Å². The molecule has 1 aromatic carbocycles. The molecule has 0 saturated heterocycles. The van der Waals surface area contributed by atoms with Crippen LogP contribution >= 0.6 is 11.3 Å². The van der Waals surface area contributed by atoms with Gasteiger partial charge in [-0.05, 0) is 31.2 Å². The van der Waals surface area contributed by atoms with Crippen LogP contribution in [0.2, 0.25) is 0 Å². The Morgan fingerprint density at radius 2 is 2.20 bits per heavy atom. The van der Waals surface area contributed by atoms with Crippen LogP contribution in [0.5, 0.6) is 5.75 Å². The van der Waals surface area contributed by atoms with E-state index < -0.39 is 0 Å². The van der Waals surface area contributed by atoms with Crippen LogP contribution in [-0.4, -0.2) is 17.5 Å². The highest BCUT2D eigenvalue weighted by Gasteiger charge is 2.06. The molecule has 0 bridgehead atoms. The molecule has 20 heavy (non-hydrogen) atoms. The van der Waals surface area contributed by atoms with Crippen LogP contribution in [0.3, 0.4) is 0 Å². The van der Waals surface area contributed by atoms with E-state index in [1.165, 1.54) is 0 Å². The summed E-state index contributed by atoms with van der Waals surface area (Å²) in [6, 6.07) is 7.01. The van der Waals surface area contributed by atoms with Gasteiger partial charge in [-0.1, -0.05) is 12.7 Å². The summed E-state index contributed by atoms with van der Waals surface area (Å²) in [6.45, 7) is 6.42. The molecule has 2 rings (SSSR count). The van der Waals surface area contributed by atoms with Crippen molar-refractivity contribution < 1.29 is 9.53 Å². The van der Waals surface area contributed by atoms with Crippen LogP contribution in [0, 0.1) is 6.92 Å². The number of nitrogens with one attached hydrogen (secondary N) is 1. The van der Waals surface area contributed by atoms with Crippen LogP contribution < -0.4 is 10.1 Å². The maximum absolute atomic E-state index is 12.0. The van der Waals surface area contributed by atoms with Crippen LogP contribution in [-0.2, 0) is 6.54 Å². The number of rotatable bonds is 6. The summed E-state index contributed by atoms with van der Waals surface area (Å²) in [7, 11) is 0. The fourth-order valence-electron chi connectivity index (χ4n) is 1.62. The molecule has 1 amide bonds. The normalized spacial score (nSPS) is 10.1. The second kappa shape index (κ2) is 6.86. The summed E-state index contributed by atoms with van der Waals surface area (Å²) in [4.78, 5) is 16.3. The topological polar surface area (TPSA) is 51.2 Å². The summed E-state index contributed by atoms with van der Waals surface area (Å²) in [6.07, 6.45) is 1.68. The van der Waals surface area contributed by atoms with Crippen LogP contribution in [0.1, 0.15) is 21.1 Å². The van der Waals surface area contributed by atoms with Crippen molar-refractivity contribution in [3.05, 3.63) is 58.6 Å². The van der Waals surface area contributed by atoms with Gasteiger partial charge in [0.2, 0.25) is 0 Å². The van der Waals surface area contributed by atoms with Crippen molar-refractivity contribution in [3.63, 3.8) is 0 Å². The Bertz CT molecular complexity index is 590. The lowest BCUT2D eigenvalue weighted by Crippen LogP contribution is -2.22. The van der Waals surface area contributed by atoms with Crippen molar-refractivity contribution in [1.29, 1.82) is 0 Å². The first-order valence-corrected chi connectivity index (χ1v) is 7.10. The van der Waals surface area contributed by atoms with Gasteiger partial charge in [0.05, 0.1) is 17.2 Å². The van der Waals surface area contributed by atoms with Gasteiger partial charge in [0.15, 0.2) is 0 Å². The Morgan fingerprint density at radius 3 is 2.80 bits per heavy atom. The van der Waals surface area contributed by atoms with Crippen molar-refractivity contribution in [3.8, 4) is 5.75 Å². The summed E-state index contributed by atoms with van der Waals surface area (Å²) in [5.41, 5.74) is 1.48. The number of nitrogens with zero attached hydrogens (tertiary/aromatic N) is 1. The average Bonchev–Trinajstić information content (AvgIpc) is 2.89. The second-order valence-electron chi connectivity index (χ2n) is 4.16. The lowest BCUT2D eigenvalue weighted by molar-refractivity contribution is 0.0950. The van der Waals surface area contributed by atoms with E-state index in [1.807, 2.05) is 12.3 Å². The van der Waals surface area contributed by atoms with E-state index in [1.54, 1.807) is 41.7 Å². The molecule has 2 aromatic rings. The molecule has 5 heteroatoms. The van der Waals surface area contributed by atoms with Crippen LogP contribution in [0.4, 0.5) is 0 Å². The first kappa shape index (κ1) is 14.3. The Labute approximate surface area is 122 Å². The maximum Gasteiger partial charge on any atom is 0.251 e. The maximum atomic E-state index is 12.0. The quantitative estimate of drug-likeness (QED) is 0.831. The van der Waals surface area contributed by atoms with E-state index in [0.717, 1.165) is 16.5 Å². The molecule has 0 radical (unpaired) electrons. The number of amides is 1. The molecule has 104 valence electrons. The predicted molar refractivity (Wildman–Crippen MR) is 80.2 cm³/mol. The van der Waals surface area contributed by atoms with Gasteiger partial charge in [-0.2, -0.15) is 0 Å². The van der Waals surface area contributed by atoms with Crippen molar-refractivity contribution >= 4 is 17.2 Å².